The molecule has 80 valence electrons. The quantitative estimate of drug-likeness (QED) is 0.565. The second-order valence-corrected chi connectivity index (χ2v) is 2.56. The highest BCUT2D eigenvalue weighted by molar-refractivity contribution is 5.52. The normalized spacial score (nSPS) is 11.9. The van der Waals surface area contributed by atoms with Crippen molar-refractivity contribution in [1.82, 2.24) is 4.98 Å². The topological polar surface area (TPSA) is 56.0 Å². The van der Waals surface area contributed by atoms with Crippen molar-refractivity contribution in [1.29, 1.82) is 0 Å². The Labute approximate surface area is 82.2 Å². The van der Waals surface area contributed by atoms with Crippen molar-refractivity contribution in [2.75, 3.05) is 0 Å². The number of halogens is 3. The molecule has 0 spiro atoms. The van der Waals surface area contributed by atoms with E-state index in [-0.39, 0.29) is 5.56 Å². The molecule has 0 radical (unpaired) electrons. The first-order valence-electron chi connectivity index (χ1n) is 3.74. The summed E-state index contributed by atoms with van der Waals surface area (Å²) in [7, 11) is 0. The Bertz CT molecular complexity index is 401. The number of rotatable bonds is 2. The number of hydrogen-bond donors (Lipinski definition) is 0. The van der Waals surface area contributed by atoms with Gasteiger partial charge in [0.25, 0.3) is 0 Å². The summed E-state index contributed by atoms with van der Waals surface area (Å²) in [6.07, 6.45) is -1.58. The number of nitrogens with zero attached hydrogens (tertiary/aromatic N) is 2. The lowest BCUT2D eigenvalue weighted by atomic mass is 10.1. The molecule has 1 heterocycles. The van der Waals surface area contributed by atoms with Gasteiger partial charge in [-0.3, -0.25) is 15.1 Å². The molecule has 1 aromatic heterocycles. The van der Waals surface area contributed by atoms with Crippen LogP contribution in [0.2, 0.25) is 0 Å². The first-order valence-corrected chi connectivity index (χ1v) is 3.74. The molecule has 0 N–H and O–H groups in total. The van der Waals surface area contributed by atoms with E-state index in [9.17, 15) is 23.3 Å². The van der Waals surface area contributed by atoms with Gasteiger partial charge in [0.15, 0.2) is 0 Å². The van der Waals surface area contributed by atoms with Crippen LogP contribution in [0.15, 0.2) is 24.7 Å². The van der Waals surface area contributed by atoms with E-state index >= 15 is 0 Å². The Hall–Kier alpha value is -1.92. The van der Waals surface area contributed by atoms with Crippen LogP contribution >= 0.6 is 0 Å². The maximum atomic E-state index is 12.3. The van der Waals surface area contributed by atoms with Crippen LogP contribution in [-0.4, -0.2) is 9.91 Å². The summed E-state index contributed by atoms with van der Waals surface area (Å²) in [5, 5.41) is 9.96. The minimum absolute atomic E-state index is 0.283. The van der Waals surface area contributed by atoms with Gasteiger partial charge >= 0.3 is 6.18 Å². The minimum atomic E-state index is -4.56. The lowest BCUT2D eigenvalue weighted by molar-refractivity contribution is -0.400. The number of hydrogen-bond acceptors (Lipinski definition) is 3. The Kier molecular flexibility index (Phi) is 3.03. The molecular weight excluding hydrogens is 213 g/mol. The highest BCUT2D eigenvalue weighted by Gasteiger charge is 2.33. The van der Waals surface area contributed by atoms with Crippen LogP contribution in [0.1, 0.15) is 11.1 Å². The Balaban J connectivity index is 3.13. The molecule has 0 aliphatic rings. The van der Waals surface area contributed by atoms with E-state index in [1.807, 2.05) is 0 Å². The van der Waals surface area contributed by atoms with Gasteiger partial charge in [0.1, 0.15) is 0 Å². The van der Waals surface area contributed by atoms with Crippen molar-refractivity contribution in [3.05, 3.63) is 45.9 Å². The van der Waals surface area contributed by atoms with E-state index in [2.05, 4.69) is 4.98 Å². The van der Waals surface area contributed by atoms with E-state index in [0.717, 1.165) is 18.3 Å². The van der Waals surface area contributed by atoms with Crippen molar-refractivity contribution in [3.8, 4) is 0 Å². The van der Waals surface area contributed by atoms with Crippen molar-refractivity contribution >= 4 is 6.08 Å². The largest absolute Gasteiger partial charge is 0.418 e. The third kappa shape index (κ3) is 3.04. The number of nitro groups is 1. The average molecular weight is 218 g/mol. The molecule has 1 rings (SSSR count). The third-order valence-electron chi connectivity index (χ3n) is 1.54. The molecule has 0 aliphatic heterocycles. The molecule has 0 unspecified atom stereocenters. The summed E-state index contributed by atoms with van der Waals surface area (Å²) in [5.74, 6) is 0. The maximum Gasteiger partial charge on any atom is 0.418 e. The molecule has 0 bridgehead atoms. The van der Waals surface area contributed by atoms with Gasteiger partial charge in [0.2, 0.25) is 6.20 Å². The molecule has 0 aliphatic carbocycles. The van der Waals surface area contributed by atoms with Crippen molar-refractivity contribution in [2.24, 2.45) is 0 Å². The second-order valence-electron chi connectivity index (χ2n) is 2.56. The smallest absolute Gasteiger partial charge is 0.264 e. The highest BCUT2D eigenvalue weighted by Crippen LogP contribution is 2.31. The van der Waals surface area contributed by atoms with Crippen LogP contribution in [0.4, 0.5) is 13.2 Å². The summed E-state index contributed by atoms with van der Waals surface area (Å²) in [4.78, 5) is 12.4. The summed E-state index contributed by atoms with van der Waals surface area (Å²) in [6, 6.07) is 1.06. The van der Waals surface area contributed by atoms with E-state index in [1.165, 1.54) is 0 Å². The number of aromatic nitrogens is 1. The van der Waals surface area contributed by atoms with Crippen LogP contribution < -0.4 is 0 Å². The summed E-state index contributed by atoms with van der Waals surface area (Å²) < 4.78 is 37.0. The highest BCUT2D eigenvalue weighted by atomic mass is 19.4. The van der Waals surface area contributed by atoms with Gasteiger partial charge in [-0.05, 0) is 11.6 Å². The van der Waals surface area contributed by atoms with E-state index < -0.39 is 16.7 Å². The standard InChI is InChI=1S/C8H5F3N2O2/c9-8(10,11)7-5-12-3-1-6(7)2-4-13(14)15/h1-5H/b4-2+. The molecule has 1 aromatic rings. The fourth-order valence-corrected chi connectivity index (χ4v) is 0.929. The SMILES string of the molecule is O=[N+]([O-])/C=C/c1ccncc1C(F)(F)F. The first-order chi connectivity index (χ1) is 6.91. The monoisotopic (exact) mass is 218 g/mol. The van der Waals surface area contributed by atoms with E-state index in [0.29, 0.717) is 12.4 Å². The van der Waals surface area contributed by atoms with Crippen molar-refractivity contribution in [3.63, 3.8) is 0 Å². The molecule has 4 nitrogen and oxygen atoms in total. The lowest BCUT2D eigenvalue weighted by Gasteiger charge is -2.07. The number of alkyl halides is 3. The fraction of sp³-hybridized carbons (Fsp3) is 0.125. The van der Waals surface area contributed by atoms with Crippen LogP contribution in [0, 0.1) is 10.1 Å². The zero-order valence-electron chi connectivity index (χ0n) is 7.23. The second kappa shape index (κ2) is 4.07. The van der Waals surface area contributed by atoms with Gasteiger partial charge in [-0.25, -0.2) is 0 Å². The molecule has 0 aromatic carbocycles. The fourth-order valence-electron chi connectivity index (χ4n) is 0.929. The van der Waals surface area contributed by atoms with Gasteiger partial charge in [-0.2, -0.15) is 13.2 Å². The minimum Gasteiger partial charge on any atom is -0.264 e. The first kappa shape index (κ1) is 11.2. The summed E-state index contributed by atoms with van der Waals surface area (Å²) >= 11 is 0. The molecule has 7 heteroatoms. The van der Waals surface area contributed by atoms with Crippen molar-refractivity contribution in [2.45, 2.75) is 6.18 Å². The Morgan fingerprint density at radius 3 is 2.67 bits per heavy atom. The predicted molar refractivity (Wildman–Crippen MR) is 45.3 cm³/mol. The molecule has 0 saturated carbocycles. The van der Waals surface area contributed by atoms with Crippen LogP contribution in [0.3, 0.4) is 0 Å². The molecule has 0 fully saturated rings. The molecule has 0 saturated heterocycles. The molecular formula is C8H5F3N2O2. The van der Waals surface area contributed by atoms with Crippen LogP contribution in [0.5, 0.6) is 0 Å². The Morgan fingerprint density at radius 1 is 1.47 bits per heavy atom. The van der Waals surface area contributed by atoms with Gasteiger partial charge in [-0.1, -0.05) is 0 Å². The summed E-state index contributed by atoms with van der Waals surface area (Å²) in [5.41, 5.74) is -1.28. The average Bonchev–Trinajstić information content (AvgIpc) is 2.13. The van der Waals surface area contributed by atoms with Gasteiger partial charge < -0.3 is 0 Å². The van der Waals surface area contributed by atoms with Crippen molar-refractivity contribution < 1.29 is 18.1 Å². The van der Waals surface area contributed by atoms with Gasteiger partial charge in [0.05, 0.1) is 10.5 Å². The molecule has 0 atom stereocenters. The van der Waals surface area contributed by atoms with Gasteiger partial charge in [0, 0.05) is 18.5 Å². The number of pyridine rings is 1. The zero-order valence-corrected chi connectivity index (χ0v) is 7.23. The van der Waals surface area contributed by atoms with Gasteiger partial charge in [-0.15, -0.1) is 0 Å². The van der Waals surface area contributed by atoms with Crippen LogP contribution in [-0.2, 0) is 6.18 Å². The van der Waals surface area contributed by atoms with Crippen LogP contribution in [0.25, 0.3) is 6.08 Å². The predicted octanol–water partition coefficient (Wildman–Crippen LogP) is 2.35. The summed E-state index contributed by atoms with van der Waals surface area (Å²) in [6.45, 7) is 0. The third-order valence-corrected chi connectivity index (χ3v) is 1.54. The van der Waals surface area contributed by atoms with E-state index in [4.69, 9.17) is 0 Å². The lowest BCUT2D eigenvalue weighted by Crippen LogP contribution is -2.07. The zero-order chi connectivity index (χ0) is 11.5. The maximum absolute atomic E-state index is 12.3. The van der Waals surface area contributed by atoms with E-state index in [1.54, 1.807) is 0 Å². The molecule has 0 amide bonds. The molecule has 15 heavy (non-hydrogen) atoms. The Morgan fingerprint density at radius 2 is 2.13 bits per heavy atom.